The maximum Gasteiger partial charge on any atom is 0.262 e. The van der Waals surface area contributed by atoms with Crippen molar-refractivity contribution in [3.8, 4) is 5.75 Å². The fourth-order valence-electron chi connectivity index (χ4n) is 1.88. The van der Waals surface area contributed by atoms with E-state index in [9.17, 15) is 4.79 Å². The molecule has 0 atom stereocenters. The molecule has 0 fully saturated rings. The number of carbonyl (C=O) groups is 1. The van der Waals surface area contributed by atoms with E-state index in [0.717, 1.165) is 33.0 Å². The molecule has 0 aliphatic heterocycles. The maximum atomic E-state index is 11.3. The average Bonchev–Trinajstić information content (AvgIpc) is 2.37. The van der Waals surface area contributed by atoms with Crippen LogP contribution in [0.5, 0.6) is 5.75 Å². The third-order valence-electron chi connectivity index (χ3n) is 3.29. The lowest BCUT2D eigenvalue weighted by Gasteiger charge is -2.16. The molecule has 0 unspecified atom stereocenters. The van der Waals surface area contributed by atoms with Crippen LogP contribution >= 0.6 is 0 Å². The van der Waals surface area contributed by atoms with Gasteiger partial charge in [-0.15, -0.1) is 0 Å². The zero-order chi connectivity index (χ0) is 14.6. The second-order valence-corrected chi connectivity index (χ2v) is 4.62. The van der Waals surface area contributed by atoms with E-state index in [1.807, 2.05) is 26.8 Å². The SMILES string of the molecule is COc1cc(C)c(COCC(=O)N(C)N)c(C)c1C. The van der Waals surface area contributed by atoms with Crippen molar-refractivity contribution < 1.29 is 14.3 Å². The first-order chi connectivity index (χ1) is 8.88. The monoisotopic (exact) mass is 266 g/mol. The summed E-state index contributed by atoms with van der Waals surface area (Å²) in [5, 5.41) is 1.03. The van der Waals surface area contributed by atoms with Gasteiger partial charge in [0, 0.05) is 7.05 Å². The number of likely N-dealkylation sites (N-methyl/N-ethyl adjacent to an activating group) is 1. The van der Waals surface area contributed by atoms with Crippen molar-refractivity contribution in [3.63, 3.8) is 0 Å². The van der Waals surface area contributed by atoms with Gasteiger partial charge in [0.25, 0.3) is 5.91 Å². The lowest BCUT2D eigenvalue weighted by Crippen LogP contribution is -2.35. The van der Waals surface area contributed by atoms with Gasteiger partial charge in [0.2, 0.25) is 0 Å². The largest absolute Gasteiger partial charge is 0.496 e. The molecule has 1 aromatic rings. The van der Waals surface area contributed by atoms with Gasteiger partial charge in [0.05, 0.1) is 13.7 Å². The zero-order valence-corrected chi connectivity index (χ0v) is 12.2. The number of hydrogen-bond donors (Lipinski definition) is 1. The number of nitrogens with two attached hydrogens (primary N) is 1. The molecule has 0 bridgehead atoms. The molecule has 5 nitrogen and oxygen atoms in total. The molecule has 0 aromatic heterocycles. The topological polar surface area (TPSA) is 64.8 Å². The van der Waals surface area contributed by atoms with Gasteiger partial charge >= 0.3 is 0 Å². The predicted molar refractivity (Wildman–Crippen MR) is 73.8 cm³/mol. The number of benzene rings is 1. The van der Waals surface area contributed by atoms with Crippen LogP contribution in [-0.4, -0.2) is 31.7 Å². The molecule has 0 heterocycles. The Morgan fingerprint density at radius 1 is 1.32 bits per heavy atom. The summed E-state index contributed by atoms with van der Waals surface area (Å²) in [7, 11) is 3.16. The molecule has 0 spiro atoms. The molecule has 19 heavy (non-hydrogen) atoms. The van der Waals surface area contributed by atoms with Crippen LogP contribution in [0.15, 0.2) is 6.07 Å². The third-order valence-corrected chi connectivity index (χ3v) is 3.29. The number of methoxy groups -OCH3 is 1. The normalized spacial score (nSPS) is 10.4. The summed E-state index contributed by atoms with van der Waals surface area (Å²) in [6.07, 6.45) is 0. The van der Waals surface area contributed by atoms with Crippen molar-refractivity contribution >= 4 is 5.91 Å². The number of rotatable bonds is 5. The van der Waals surface area contributed by atoms with Gasteiger partial charge in [-0.1, -0.05) is 0 Å². The van der Waals surface area contributed by atoms with Gasteiger partial charge < -0.3 is 9.47 Å². The van der Waals surface area contributed by atoms with E-state index >= 15 is 0 Å². The van der Waals surface area contributed by atoms with Crippen LogP contribution in [-0.2, 0) is 16.1 Å². The summed E-state index contributed by atoms with van der Waals surface area (Å²) in [5.41, 5.74) is 4.40. The maximum absolute atomic E-state index is 11.3. The first kappa shape index (κ1) is 15.5. The van der Waals surface area contributed by atoms with E-state index in [1.165, 1.54) is 7.05 Å². The quantitative estimate of drug-likeness (QED) is 0.498. The van der Waals surface area contributed by atoms with Crippen molar-refractivity contribution in [1.82, 2.24) is 5.01 Å². The summed E-state index contributed by atoms with van der Waals surface area (Å²) in [4.78, 5) is 11.3. The number of hydrazine groups is 1. The smallest absolute Gasteiger partial charge is 0.262 e. The molecule has 5 heteroatoms. The molecular weight excluding hydrogens is 244 g/mol. The molecule has 0 aliphatic carbocycles. The molecule has 1 amide bonds. The zero-order valence-electron chi connectivity index (χ0n) is 12.2. The summed E-state index contributed by atoms with van der Waals surface area (Å²) in [5.74, 6) is 5.95. The summed E-state index contributed by atoms with van der Waals surface area (Å²) in [6, 6.07) is 1.98. The minimum Gasteiger partial charge on any atom is -0.496 e. The van der Waals surface area contributed by atoms with Gasteiger partial charge in [-0.25, -0.2) is 5.84 Å². The van der Waals surface area contributed by atoms with Crippen LogP contribution in [0, 0.1) is 20.8 Å². The molecule has 1 aromatic carbocycles. The van der Waals surface area contributed by atoms with Crippen LogP contribution in [0.3, 0.4) is 0 Å². The number of aryl methyl sites for hydroxylation is 1. The predicted octanol–water partition coefficient (Wildman–Crippen LogP) is 1.47. The molecular formula is C14H22N2O3. The Labute approximate surface area is 114 Å². The van der Waals surface area contributed by atoms with Gasteiger partial charge in [-0.2, -0.15) is 0 Å². The number of carbonyl (C=O) groups excluding carboxylic acids is 1. The number of hydrogen-bond acceptors (Lipinski definition) is 4. The number of nitrogens with zero attached hydrogens (tertiary/aromatic N) is 1. The molecule has 1 rings (SSSR count). The van der Waals surface area contributed by atoms with Crippen LogP contribution in [0.25, 0.3) is 0 Å². The van der Waals surface area contributed by atoms with E-state index in [4.69, 9.17) is 15.3 Å². The van der Waals surface area contributed by atoms with Crippen molar-refractivity contribution in [1.29, 1.82) is 0 Å². The Morgan fingerprint density at radius 3 is 2.47 bits per heavy atom. The molecule has 2 N–H and O–H groups in total. The van der Waals surface area contributed by atoms with Gasteiger partial charge in [0.1, 0.15) is 12.4 Å². The second kappa shape index (κ2) is 6.54. The lowest BCUT2D eigenvalue weighted by molar-refractivity contribution is -0.135. The van der Waals surface area contributed by atoms with Crippen LogP contribution < -0.4 is 10.6 Å². The summed E-state index contributed by atoms with van der Waals surface area (Å²) >= 11 is 0. The number of ether oxygens (including phenoxy) is 2. The van der Waals surface area contributed by atoms with Gasteiger partial charge in [-0.3, -0.25) is 9.80 Å². The van der Waals surface area contributed by atoms with Crippen molar-refractivity contribution in [3.05, 3.63) is 28.3 Å². The van der Waals surface area contributed by atoms with Crippen molar-refractivity contribution in [2.75, 3.05) is 20.8 Å². The Hall–Kier alpha value is -1.59. The average molecular weight is 266 g/mol. The van der Waals surface area contributed by atoms with E-state index in [2.05, 4.69) is 0 Å². The minimum atomic E-state index is -0.250. The fourth-order valence-corrected chi connectivity index (χ4v) is 1.88. The summed E-state index contributed by atoms with van der Waals surface area (Å²) < 4.78 is 10.7. The Morgan fingerprint density at radius 2 is 1.95 bits per heavy atom. The molecule has 0 aliphatic rings. The highest BCUT2D eigenvalue weighted by Gasteiger charge is 2.12. The van der Waals surface area contributed by atoms with E-state index < -0.39 is 0 Å². The van der Waals surface area contributed by atoms with Crippen molar-refractivity contribution in [2.45, 2.75) is 27.4 Å². The number of amides is 1. The Kier molecular flexibility index (Phi) is 5.32. The van der Waals surface area contributed by atoms with Gasteiger partial charge in [0.15, 0.2) is 0 Å². The van der Waals surface area contributed by atoms with Crippen LogP contribution in [0.4, 0.5) is 0 Å². The Bertz CT molecular complexity index is 470. The van der Waals surface area contributed by atoms with E-state index in [0.29, 0.717) is 6.61 Å². The summed E-state index contributed by atoms with van der Waals surface area (Å²) in [6.45, 7) is 6.42. The minimum absolute atomic E-state index is 0.0169. The third kappa shape index (κ3) is 3.68. The van der Waals surface area contributed by atoms with E-state index in [1.54, 1.807) is 7.11 Å². The molecule has 106 valence electrons. The molecule has 0 radical (unpaired) electrons. The van der Waals surface area contributed by atoms with Crippen LogP contribution in [0.1, 0.15) is 22.3 Å². The van der Waals surface area contributed by atoms with Crippen molar-refractivity contribution in [2.24, 2.45) is 5.84 Å². The Balaban J connectivity index is 2.79. The molecule has 0 saturated heterocycles. The van der Waals surface area contributed by atoms with Crippen LogP contribution in [0.2, 0.25) is 0 Å². The first-order valence-electron chi connectivity index (χ1n) is 6.11. The highest BCUT2D eigenvalue weighted by Crippen LogP contribution is 2.27. The molecule has 0 saturated carbocycles. The second-order valence-electron chi connectivity index (χ2n) is 4.62. The highest BCUT2D eigenvalue weighted by atomic mass is 16.5. The van der Waals surface area contributed by atoms with E-state index in [-0.39, 0.29) is 12.5 Å². The standard InChI is InChI=1S/C14H22N2O3/c1-9-6-13(18-5)11(3)10(2)12(9)7-19-8-14(17)16(4)15/h6H,7-8,15H2,1-5H3. The lowest BCUT2D eigenvalue weighted by atomic mass is 9.98. The first-order valence-corrected chi connectivity index (χ1v) is 6.11. The highest BCUT2D eigenvalue weighted by molar-refractivity contribution is 5.76. The van der Waals surface area contributed by atoms with Gasteiger partial charge in [-0.05, 0) is 49.1 Å². The fraction of sp³-hybridized carbons (Fsp3) is 0.500.